The Kier molecular flexibility index (Phi) is 5.01. The van der Waals surface area contributed by atoms with Crippen LogP contribution in [0, 0.1) is 5.92 Å². The average molecular weight is 276 g/mol. The first-order valence-corrected chi connectivity index (χ1v) is 7.25. The van der Waals surface area contributed by atoms with Crippen molar-refractivity contribution in [1.29, 1.82) is 0 Å². The van der Waals surface area contributed by atoms with Crippen molar-refractivity contribution < 1.29 is 9.53 Å². The number of ether oxygens (including phenoxy) is 1. The minimum atomic E-state index is 0.127. The number of hydrogen-bond donors (Lipinski definition) is 0. The molecule has 1 aromatic rings. The fraction of sp³-hybridized carbons (Fsp3) is 0.562. The molecular weight excluding hydrogens is 252 g/mol. The van der Waals surface area contributed by atoms with Crippen LogP contribution in [0.15, 0.2) is 24.3 Å². The number of benzene rings is 1. The highest BCUT2D eigenvalue weighted by atomic mass is 16.5. The summed E-state index contributed by atoms with van der Waals surface area (Å²) in [5.74, 6) is 1.37. The fourth-order valence-electron chi connectivity index (χ4n) is 2.44. The number of carbonyl (C=O) groups excluding carboxylic acids is 1. The third-order valence-electron chi connectivity index (χ3n) is 3.82. The summed E-state index contributed by atoms with van der Waals surface area (Å²) in [7, 11) is 1.70. The van der Waals surface area contributed by atoms with Gasteiger partial charge in [0, 0.05) is 32.1 Å². The first kappa shape index (κ1) is 14.9. The van der Waals surface area contributed by atoms with Gasteiger partial charge in [-0.25, -0.2) is 0 Å². The summed E-state index contributed by atoms with van der Waals surface area (Å²) in [6.45, 7) is 8.24. The van der Waals surface area contributed by atoms with Gasteiger partial charge in [-0.3, -0.25) is 9.69 Å². The Morgan fingerprint density at radius 2 is 1.85 bits per heavy atom. The third-order valence-corrected chi connectivity index (χ3v) is 3.82. The van der Waals surface area contributed by atoms with Gasteiger partial charge >= 0.3 is 0 Å². The van der Waals surface area contributed by atoms with E-state index in [1.54, 1.807) is 7.11 Å². The Bertz CT molecular complexity index is 452. The van der Waals surface area contributed by atoms with E-state index < -0.39 is 0 Å². The number of anilines is 1. The van der Waals surface area contributed by atoms with Crippen molar-refractivity contribution >= 4 is 11.5 Å². The first-order valence-electron chi connectivity index (χ1n) is 7.25. The number of nitrogens with zero attached hydrogens (tertiary/aromatic N) is 2. The lowest BCUT2D eigenvalue weighted by atomic mass is 10.1. The van der Waals surface area contributed by atoms with E-state index in [9.17, 15) is 4.79 Å². The molecule has 1 aliphatic heterocycles. The number of hydrogen-bond acceptors (Lipinski definition) is 4. The molecule has 2 rings (SSSR count). The molecule has 0 radical (unpaired) electrons. The van der Waals surface area contributed by atoms with E-state index >= 15 is 0 Å². The summed E-state index contributed by atoms with van der Waals surface area (Å²) < 4.78 is 5.41. The van der Waals surface area contributed by atoms with E-state index in [2.05, 4.69) is 15.9 Å². The first-order chi connectivity index (χ1) is 9.61. The van der Waals surface area contributed by atoms with Crippen LogP contribution in [0.5, 0.6) is 5.75 Å². The van der Waals surface area contributed by atoms with Gasteiger partial charge in [-0.05, 0) is 12.1 Å². The molecular formula is C16H24N2O2. The number of carbonyl (C=O) groups is 1. The van der Waals surface area contributed by atoms with E-state index in [1.165, 1.54) is 0 Å². The van der Waals surface area contributed by atoms with E-state index in [0.29, 0.717) is 12.3 Å². The molecule has 0 bridgehead atoms. The van der Waals surface area contributed by atoms with Crippen LogP contribution in [-0.2, 0) is 4.79 Å². The van der Waals surface area contributed by atoms with Gasteiger partial charge in [0.15, 0.2) is 0 Å². The van der Waals surface area contributed by atoms with Crippen LogP contribution in [0.2, 0.25) is 0 Å². The Hall–Kier alpha value is -1.55. The normalized spacial score (nSPS) is 16.5. The van der Waals surface area contributed by atoms with E-state index in [0.717, 1.165) is 37.6 Å². The predicted octanol–water partition coefficient (Wildman–Crippen LogP) is 2.04. The highest BCUT2D eigenvalue weighted by Crippen LogP contribution is 2.28. The van der Waals surface area contributed by atoms with Crippen molar-refractivity contribution in [2.75, 3.05) is 44.7 Å². The minimum absolute atomic E-state index is 0.127. The standard InChI is InChI=1S/C16H24N2O2/c1-13(2)15(19)12-17-8-10-18(11-9-17)14-6-4-5-7-16(14)20-3/h4-7,13H,8-12H2,1-3H3. The monoisotopic (exact) mass is 276 g/mol. The van der Waals surface area contributed by atoms with Gasteiger partial charge in [-0.2, -0.15) is 0 Å². The van der Waals surface area contributed by atoms with Gasteiger partial charge in [-0.1, -0.05) is 26.0 Å². The second kappa shape index (κ2) is 6.75. The molecule has 0 atom stereocenters. The van der Waals surface area contributed by atoms with Crippen LogP contribution in [0.25, 0.3) is 0 Å². The maximum absolute atomic E-state index is 11.8. The molecule has 110 valence electrons. The highest BCUT2D eigenvalue weighted by Gasteiger charge is 2.21. The molecule has 1 heterocycles. The van der Waals surface area contributed by atoms with Gasteiger partial charge in [0.25, 0.3) is 0 Å². The molecule has 4 heteroatoms. The van der Waals surface area contributed by atoms with Gasteiger partial charge in [0.1, 0.15) is 11.5 Å². The summed E-state index contributed by atoms with van der Waals surface area (Å²) in [6, 6.07) is 8.10. The number of piperazine rings is 1. The number of para-hydroxylation sites is 2. The summed E-state index contributed by atoms with van der Waals surface area (Å²) in [5, 5.41) is 0. The van der Waals surface area contributed by atoms with E-state index in [1.807, 2.05) is 32.0 Å². The van der Waals surface area contributed by atoms with Gasteiger partial charge < -0.3 is 9.64 Å². The van der Waals surface area contributed by atoms with Crippen LogP contribution in [0.3, 0.4) is 0 Å². The van der Waals surface area contributed by atoms with E-state index in [4.69, 9.17) is 4.74 Å². The zero-order valence-electron chi connectivity index (χ0n) is 12.6. The van der Waals surface area contributed by atoms with Crippen molar-refractivity contribution in [3.63, 3.8) is 0 Å². The van der Waals surface area contributed by atoms with Crippen LogP contribution >= 0.6 is 0 Å². The quantitative estimate of drug-likeness (QED) is 0.824. The average Bonchev–Trinajstić information content (AvgIpc) is 2.48. The topological polar surface area (TPSA) is 32.8 Å². The van der Waals surface area contributed by atoms with Crippen LogP contribution < -0.4 is 9.64 Å². The van der Waals surface area contributed by atoms with Gasteiger partial charge in [-0.15, -0.1) is 0 Å². The summed E-state index contributed by atoms with van der Waals surface area (Å²) >= 11 is 0. The minimum Gasteiger partial charge on any atom is -0.495 e. The van der Waals surface area contributed by atoms with Crippen molar-refractivity contribution in [2.24, 2.45) is 5.92 Å². The molecule has 1 fully saturated rings. The van der Waals surface area contributed by atoms with E-state index in [-0.39, 0.29) is 5.92 Å². The second-order valence-electron chi connectivity index (χ2n) is 5.56. The maximum Gasteiger partial charge on any atom is 0.149 e. The maximum atomic E-state index is 11.8. The Balaban J connectivity index is 1.92. The van der Waals surface area contributed by atoms with Crippen LogP contribution in [-0.4, -0.2) is 50.5 Å². The predicted molar refractivity (Wildman–Crippen MR) is 81.5 cm³/mol. The molecule has 1 aliphatic rings. The van der Waals surface area contributed by atoms with Crippen molar-refractivity contribution in [1.82, 2.24) is 4.90 Å². The van der Waals surface area contributed by atoms with Crippen molar-refractivity contribution in [3.8, 4) is 5.75 Å². The molecule has 0 unspecified atom stereocenters. The molecule has 1 aromatic carbocycles. The SMILES string of the molecule is COc1ccccc1N1CCN(CC(=O)C(C)C)CC1. The van der Waals surface area contributed by atoms with Gasteiger partial charge in [0.05, 0.1) is 19.3 Å². The number of ketones is 1. The zero-order chi connectivity index (χ0) is 14.5. The smallest absolute Gasteiger partial charge is 0.149 e. The fourth-order valence-corrected chi connectivity index (χ4v) is 2.44. The Labute approximate surface area is 121 Å². The molecule has 0 spiro atoms. The molecule has 1 saturated heterocycles. The molecule has 0 saturated carbocycles. The summed E-state index contributed by atoms with van der Waals surface area (Å²) in [4.78, 5) is 16.4. The summed E-state index contributed by atoms with van der Waals surface area (Å²) in [6.07, 6.45) is 0. The van der Waals surface area contributed by atoms with Crippen LogP contribution in [0.4, 0.5) is 5.69 Å². The third kappa shape index (κ3) is 3.51. The van der Waals surface area contributed by atoms with Crippen molar-refractivity contribution in [2.45, 2.75) is 13.8 Å². The number of rotatable bonds is 5. The largest absolute Gasteiger partial charge is 0.495 e. The molecule has 4 nitrogen and oxygen atoms in total. The Morgan fingerprint density at radius 3 is 2.45 bits per heavy atom. The Morgan fingerprint density at radius 1 is 1.20 bits per heavy atom. The highest BCUT2D eigenvalue weighted by molar-refractivity contribution is 5.82. The number of Topliss-reactive ketones (excluding diaryl/α,β-unsaturated/α-hetero) is 1. The lowest BCUT2D eigenvalue weighted by molar-refractivity contribution is -0.123. The second-order valence-corrected chi connectivity index (χ2v) is 5.56. The zero-order valence-corrected chi connectivity index (χ0v) is 12.6. The molecule has 20 heavy (non-hydrogen) atoms. The molecule has 0 aromatic heterocycles. The van der Waals surface area contributed by atoms with Gasteiger partial charge in [0.2, 0.25) is 0 Å². The summed E-state index contributed by atoms with van der Waals surface area (Å²) in [5.41, 5.74) is 1.14. The lowest BCUT2D eigenvalue weighted by Gasteiger charge is -2.36. The van der Waals surface area contributed by atoms with Crippen molar-refractivity contribution in [3.05, 3.63) is 24.3 Å². The molecule has 0 aliphatic carbocycles. The van der Waals surface area contributed by atoms with Crippen LogP contribution in [0.1, 0.15) is 13.8 Å². The molecule has 0 N–H and O–H groups in total. The lowest BCUT2D eigenvalue weighted by Crippen LogP contribution is -2.48. The molecule has 0 amide bonds. The number of methoxy groups -OCH3 is 1.